The Morgan fingerprint density at radius 3 is 2.73 bits per heavy atom. The topological polar surface area (TPSA) is 67.3 Å². The lowest BCUT2D eigenvalue weighted by Gasteiger charge is -2.26. The van der Waals surface area contributed by atoms with Crippen LogP contribution in [0.2, 0.25) is 0 Å². The van der Waals surface area contributed by atoms with Crippen molar-refractivity contribution in [2.75, 3.05) is 38.2 Å². The van der Waals surface area contributed by atoms with Crippen molar-refractivity contribution < 1.29 is 9.53 Å². The molecule has 0 spiro atoms. The van der Waals surface area contributed by atoms with Gasteiger partial charge in [0.05, 0.1) is 24.3 Å². The van der Waals surface area contributed by atoms with Crippen LogP contribution >= 0.6 is 11.5 Å². The van der Waals surface area contributed by atoms with Crippen molar-refractivity contribution in [2.24, 2.45) is 0 Å². The Labute approximate surface area is 133 Å². The molecule has 0 aliphatic carbocycles. The molecule has 1 aliphatic heterocycles. The SMILES string of the molecule is O=C(CCN1CCOCC1)Nc1ccc(-c2cnns2)cc1. The normalized spacial score (nSPS) is 15.6. The molecule has 1 fully saturated rings. The van der Waals surface area contributed by atoms with E-state index < -0.39 is 0 Å². The lowest BCUT2D eigenvalue weighted by molar-refractivity contribution is -0.116. The van der Waals surface area contributed by atoms with Crippen LogP contribution in [0.4, 0.5) is 5.69 Å². The van der Waals surface area contributed by atoms with Gasteiger partial charge in [0.15, 0.2) is 0 Å². The molecular formula is C15H18N4O2S. The summed E-state index contributed by atoms with van der Waals surface area (Å²) >= 11 is 1.36. The fourth-order valence-corrected chi connectivity index (χ4v) is 2.84. The van der Waals surface area contributed by atoms with Gasteiger partial charge in [-0.3, -0.25) is 9.69 Å². The van der Waals surface area contributed by atoms with Gasteiger partial charge in [-0.15, -0.1) is 5.10 Å². The minimum absolute atomic E-state index is 0.0405. The number of nitrogens with one attached hydrogen (secondary N) is 1. The third kappa shape index (κ3) is 4.09. The van der Waals surface area contributed by atoms with Crippen molar-refractivity contribution in [2.45, 2.75) is 6.42 Å². The molecule has 0 atom stereocenters. The summed E-state index contributed by atoms with van der Waals surface area (Å²) in [6, 6.07) is 7.74. The molecule has 1 aliphatic rings. The fraction of sp³-hybridized carbons (Fsp3) is 0.400. The average Bonchev–Trinajstić information content (AvgIpc) is 3.09. The van der Waals surface area contributed by atoms with Crippen molar-refractivity contribution in [3.05, 3.63) is 30.5 Å². The first-order valence-electron chi connectivity index (χ1n) is 7.29. The molecule has 0 saturated carbocycles. The molecule has 0 radical (unpaired) electrons. The van der Waals surface area contributed by atoms with Gasteiger partial charge in [0.1, 0.15) is 0 Å². The highest BCUT2D eigenvalue weighted by Gasteiger charge is 2.12. The number of anilines is 1. The van der Waals surface area contributed by atoms with Crippen molar-refractivity contribution in [3.8, 4) is 10.4 Å². The molecule has 2 heterocycles. The van der Waals surface area contributed by atoms with Crippen LogP contribution in [0.15, 0.2) is 30.5 Å². The Hall–Kier alpha value is -1.83. The monoisotopic (exact) mass is 318 g/mol. The Balaban J connectivity index is 1.48. The van der Waals surface area contributed by atoms with Crippen LogP contribution in [0.5, 0.6) is 0 Å². The van der Waals surface area contributed by atoms with Crippen LogP contribution in [-0.4, -0.2) is 53.2 Å². The highest BCUT2D eigenvalue weighted by atomic mass is 32.1. The maximum absolute atomic E-state index is 12.0. The molecule has 6 nitrogen and oxygen atoms in total. The summed E-state index contributed by atoms with van der Waals surface area (Å²) in [5, 5.41) is 6.75. The van der Waals surface area contributed by atoms with Crippen LogP contribution in [-0.2, 0) is 9.53 Å². The highest BCUT2D eigenvalue weighted by molar-refractivity contribution is 7.09. The maximum Gasteiger partial charge on any atom is 0.225 e. The summed E-state index contributed by atoms with van der Waals surface area (Å²) in [6.07, 6.45) is 2.24. The molecule has 1 amide bonds. The third-order valence-electron chi connectivity index (χ3n) is 3.57. The molecule has 1 N–H and O–H groups in total. The molecule has 1 saturated heterocycles. The minimum Gasteiger partial charge on any atom is -0.379 e. The zero-order valence-electron chi connectivity index (χ0n) is 12.2. The number of hydrogen-bond donors (Lipinski definition) is 1. The Bertz CT molecular complexity index is 595. The number of rotatable bonds is 5. The summed E-state index contributed by atoms with van der Waals surface area (Å²) < 4.78 is 9.14. The van der Waals surface area contributed by atoms with E-state index in [1.54, 1.807) is 6.20 Å². The van der Waals surface area contributed by atoms with Gasteiger partial charge in [-0.2, -0.15) is 0 Å². The zero-order chi connectivity index (χ0) is 15.2. The van der Waals surface area contributed by atoms with E-state index in [4.69, 9.17) is 4.74 Å². The third-order valence-corrected chi connectivity index (χ3v) is 4.29. The second kappa shape index (κ2) is 7.44. The standard InChI is InChI=1S/C15H18N4O2S/c20-15(5-6-19-7-9-21-10-8-19)17-13-3-1-12(2-4-13)14-11-16-18-22-14/h1-4,11H,5-10H2,(H,17,20). The number of amides is 1. The van der Waals surface area contributed by atoms with Gasteiger partial charge in [0.2, 0.25) is 5.91 Å². The number of carbonyl (C=O) groups excluding carboxylic acids is 1. The predicted molar refractivity (Wildman–Crippen MR) is 85.9 cm³/mol. The Morgan fingerprint density at radius 1 is 1.27 bits per heavy atom. The van der Waals surface area contributed by atoms with Crippen LogP contribution < -0.4 is 5.32 Å². The number of carbonyl (C=O) groups is 1. The van der Waals surface area contributed by atoms with E-state index in [9.17, 15) is 4.79 Å². The summed E-state index contributed by atoms with van der Waals surface area (Å²) in [6.45, 7) is 4.11. The van der Waals surface area contributed by atoms with Crippen molar-refractivity contribution in [1.82, 2.24) is 14.5 Å². The smallest absolute Gasteiger partial charge is 0.225 e. The Kier molecular flexibility index (Phi) is 5.10. The lowest BCUT2D eigenvalue weighted by Crippen LogP contribution is -2.38. The molecule has 22 heavy (non-hydrogen) atoms. The second-order valence-electron chi connectivity index (χ2n) is 5.11. The van der Waals surface area contributed by atoms with E-state index in [-0.39, 0.29) is 5.91 Å². The maximum atomic E-state index is 12.0. The van der Waals surface area contributed by atoms with Gasteiger partial charge in [0.25, 0.3) is 0 Å². The number of ether oxygens (including phenoxy) is 1. The molecule has 3 rings (SSSR count). The minimum atomic E-state index is 0.0405. The highest BCUT2D eigenvalue weighted by Crippen LogP contribution is 2.23. The van der Waals surface area contributed by atoms with Gasteiger partial charge in [0, 0.05) is 31.7 Å². The number of aromatic nitrogens is 2. The van der Waals surface area contributed by atoms with E-state index in [1.165, 1.54) is 11.5 Å². The molecular weight excluding hydrogens is 300 g/mol. The fourth-order valence-electron chi connectivity index (χ4n) is 2.32. The average molecular weight is 318 g/mol. The van der Waals surface area contributed by atoms with Gasteiger partial charge >= 0.3 is 0 Å². The van der Waals surface area contributed by atoms with E-state index in [1.807, 2.05) is 24.3 Å². The molecule has 0 bridgehead atoms. The van der Waals surface area contributed by atoms with Crippen molar-refractivity contribution in [3.63, 3.8) is 0 Å². The number of hydrogen-bond acceptors (Lipinski definition) is 6. The van der Waals surface area contributed by atoms with E-state index in [0.29, 0.717) is 6.42 Å². The molecule has 116 valence electrons. The first-order valence-corrected chi connectivity index (χ1v) is 8.06. The summed E-state index contributed by atoms with van der Waals surface area (Å²) in [5.41, 5.74) is 1.87. The molecule has 0 unspecified atom stereocenters. The van der Waals surface area contributed by atoms with Crippen LogP contribution in [0.1, 0.15) is 6.42 Å². The summed E-state index contributed by atoms with van der Waals surface area (Å²) in [5.74, 6) is 0.0405. The van der Waals surface area contributed by atoms with Gasteiger partial charge in [-0.1, -0.05) is 16.6 Å². The van der Waals surface area contributed by atoms with E-state index in [0.717, 1.165) is 49.0 Å². The van der Waals surface area contributed by atoms with Crippen molar-refractivity contribution in [1.29, 1.82) is 0 Å². The largest absolute Gasteiger partial charge is 0.379 e. The van der Waals surface area contributed by atoms with Crippen LogP contribution in [0.3, 0.4) is 0 Å². The van der Waals surface area contributed by atoms with E-state index >= 15 is 0 Å². The zero-order valence-corrected chi connectivity index (χ0v) is 13.0. The second-order valence-corrected chi connectivity index (χ2v) is 5.90. The molecule has 7 heteroatoms. The Morgan fingerprint density at radius 2 is 2.05 bits per heavy atom. The van der Waals surface area contributed by atoms with Gasteiger partial charge in [-0.25, -0.2) is 0 Å². The summed E-state index contributed by atoms with van der Waals surface area (Å²) in [7, 11) is 0. The quantitative estimate of drug-likeness (QED) is 0.911. The van der Waals surface area contributed by atoms with Gasteiger partial charge in [-0.05, 0) is 29.2 Å². The molecule has 2 aromatic rings. The molecule has 1 aromatic carbocycles. The van der Waals surface area contributed by atoms with Crippen LogP contribution in [0, 0.1) is 0 Å². The predicted octanol–water partition coefficient (Wildman–Crippen LogP) is 1.87. The lowest BCUT2D eigenvalue weighted by atomic mass is 10.2. The van der Waals surface area contributed by atoms with E-state index in [2.05, 4.69) is 19.8 Å². The first-order chi connectivity index (χ1) is 10.8. The number of nitrogens with zero attached hydrogens (tertiary/aromatic N) is 3. The van der Waals surface area contributed by atoms with Gasteiger partial charge < -0.3 is 10.1 Å². The number of benzene rings is 1. The van der Waals surface area contributed by atoms with Crippen LogP contribution in [0.25, 0.3) is 10.4 Å². The first kappa shape index (κ1) is 15.1. The molecule has 1 aromatic heterocycles. The summed E-state index contributed by atoms with van der Waals surface area (Å²) in [4.78, 5) is 15.3. The number of morpholine rings is 1. The van der Waals surface area contributed by atoms with Crippen molar-refractivity contribution >= 4 is 23.1 Å².